The minimum absolute atomic E-state index is 0.291. The average molecular weight is 775 g/mol. The van der Waals surface area contributed by atoms with Crippen LogP contribution in [0.5, 0.6) is 5.75 Å². The van der Waals surface area contributed by atoms with Crippen LogP contribution in [0.4, 0.5) is 22.7 Å². The van der Waals surface area contributed by atoms with Gasteiger partial charge in [0.1, 0.15) is 0 Å². The number of hydrogen-bond acceptors (Lipinski definition) is 4. The van der Waals surface area contributed by atoms with Crippen LogP contribution in [0.25, 0.3) is 64.7 Å². The molecule has 3 nitrogen and oxygen atoms in total. The Balaban J connectivity index is 1.12. The molecule has 0 spiro atoms. The van der Waals surface area contributed by atoms with Gasteiger partial charge in [0, 0.05) is 48.4 Å². The van der Waals surface area contributed by atoms with Crippen LogP contribution in [0.15, 0.2) is 218 Å². The summed E-state index contributed by atoms with van der Waals surface area (Å²) in [5, 5.41) is 6.19. The molecule has 0 fully saturated rings. The number of anilines is 4. The highest BCUT2D eigenvalue weighted by Gasteiger charge is 2.31. The second-order valence-electron chi connectivity index (χ2n) is 14.9. The summed E-state index contributed by atoms with van der Waals surface area (Å²) in [5.41, 5.74) is 14.6. The van der Waals surface area contributed by atoms with E-state index in [1.165, 1.54) is 42.4 Å². The maximum Gasteiger partial charge on any atom is 0.196 e. The fraction of sp³-hybridized carbons (Fsp3) is 0.0182. The summed E-state index contributed by atoms with van der Waals surface area (Å²) >= 11 is 1.83. The van der Waals surface area contributed by atoms with Crippen molar-refractivity contribution in [2.24, 2.45) is 0 Å². The summed E-state index contributed by atoms with van der Waals surface area (Å²) in [6.45, 7) is 0. The maximum absolute atomic E-state index is 6.99. The lowest BCUT2D eigenvalue weighted by atomic mass is 9.90. The lowest BCUT2D eigenvalue weighted by Crippen LogP contribution is -2.10. The predicted molar refractivity (Wildman–Crippen MR) is 249 cm³/mol. The average Bonchev–Trinajstić information content (AvgIpc) is 3.92. The molecule has 0 radical (unpaired) electrons. The van der Waals surface area contributed by atoms with E-state index in [-0.39, 0.29) is 6.23 Å². The van der Waals surface area contributed by atoms with Crippen molar-refractivity contribution in [3.8, 4) is 50.3 Å². The lowest BCUT2D eigenvalue weighted by molar-refractivity contribution is 0.261. The van der Waals surface area contributed by atoms with Gasteiger partial charge < -0.3 is 15.0 Å². The van der Waals surface area contributed by atoms with Crippen LogP contribution >= 0.6 is 11.3 Å². The normalized spacial score (nSPS) is 13.2. The van der Waals surface area contributed by atoms with Gasteiger partial charge in [0.15, 0.2) is 12.0 Å². The van der Waals surface area contributed by atoms with Crippen molar-refractivity contribution in [1.82, 2.24) is 0 Å². The summed E-state index contributed by atoms with van der Waals surface area (Å²) in [5.74, 6) is 0.879. The molecular weight excluding hydrogens is 737 g/mol. The molecule has 1 aliphatic heterocycles. The van der Waals surface area contributed by atoms with E-state index in [4.69, 9.17) is 4.74 Å². The summed E-state index contributed by atoms with van der Waals surface area (Å²) in [4.78, 5) is 2.37. The van der Waals surface area contributed by atoms with E-state index in [1.807, 2.05) is 17.4 Å². The minimum Gasteiger partial charge on any atom is -0.464 e. The molecule has 4 heteroatoms. The van der Waals surface area contributed by atoms with Crippen molar-refractivity contribution < 1.29 is 4.74 Å². The molecule has 2 heterocycles. The number of hydrogen-bond donors (Lipinski definition) is 1. The number of nitrogens with one attached hydrogen (secondary N) is 1. The molecule has 280 valence electrons. The van der Waals surface area contributed by atoms with Gasteiger partial charge in [-0.2, -0.15) is 0 Å². The first-order chi connectivity index (χ1) is 29.2. The Kier molecular flexibility index (Phi) is 8.76. The number of benzene rings is 9. The Morgan fingerprint density at radius 3 is 1.54 bits per heavy atom. The van der Waals surface area contributed by atoms with Crippen molar-refractivity contribution in [1.29, 1.82) is 0 Å². The number of thiophene rings is 1. The molecule has 1 unspecified atom stereocenters. The molecule has 1 aromatic heterocycles. The Morgan fingerprint density at radius 2 is 0.932 bits per heavy atom. The second kappa shape index (κ2) is 14.8. The van der Waals surface area contributed by atoms with Crippen LogP contribution < -0.4 is 15.0 Å². The van der Waals surface area contributed by atoms with Gasteiger partial charge in [0.05, 0.1) is 5.69 Å². The van der Waals surface area contributed by atoms with Crippen LogP contribution in [0.3, 0.4) is 0 Å². The smallest absolute Gasteiger partial charge is 0.196 e. The van der Waals surface area contributed by atoms with Crippen molar-refractivity contribution in [2.75, 3.05) is 10.2 Å². The summed E-state index contributed by atoms with van der Waals surface area (Å²) < 4.78 is 9.48. The SMILES string of the molecule is c1ccc(-c2ccc(N(c3ccc(-c4ccccc4)cc3)c3ccc(-c4c5c(cc6sc7ccccc7c46)NC(c4ccccc4)O5)c(-c4ccccc4)c3)cc2)cc1. The van der Waals surface area contributed by atoms with E-state index in [2.05, 4.69) is 223 Å². The van der Waals surface area contributed by atoms with Crippen molar-refractivity contribution >= 4 is 54.3 Å². The van der Waals surface area contributed by atoms with Gasteiger partial charge in [0.2, 0.25) is 0 Å². The maximum atomic E-state index is 6.99. The third kappa shape index (κ3) is 6.41. The molecule has 1 N–H and O–H groups in total. The molecule has 1 aliphatic rings. The molecule has 59 heavy (non-hydrogen) atoms. The van der Waals surface area contributed by atoms with Crippen molar-refractivity contribution in [3.05, 3.63) is 224 Å². The highest BCUT2D eigenvalue weighted by molar-refractivity contribution is 7.26. The Bertz CT molecular complexity index is 2990. The minimum atomic E-state index is -0.291. The topological polar surface area (TPSA) is 24.5 Å². The van der Waals surface area contributed by atoms with E-state index in [0.717, 1.165) is 56.3 Å². The van der Waals surface area contributed by atoms with Crippen LogP contribution in [0, 0.1) is 0 Å². The van der Waals surface area contributed by atoms with Gasteiger partial charge in [-0.15, -0.1) is 11.3 Å². The van der Waals surface area contributed by atoms with Crippen LogP contribution in [-0.4, -0.2) is 0 Å². The molecule has 0 saturated carbocycles. The molecule has 1 atom stereocenters. The zero-order valence-corrected chi connectivity index (χ0v) is 32.9. The van der Waals surface area contributed by atoms with E-state index in [9.17, 15) is 0 Å². The Hall–Kier alpha value is -7.40. The monoisotopic (exact) mass is 774 g/mol. The van der Waals surface area contributed by atoms with Crippen LogP contribution in [0.2, 0.25) is 0 Å². The van der Waals surface area contributed by atoms with E-state index >= 15 is 0 Å². The molecular formula is C55H38N2OS. The van der Waals surface area contributed by atoms with Crippen molar-refractivity contribution in [3.63, 3.8) is 0 Å². The van der Waals surface area contributed by atoms with E-state index in [1.54, 1.807) is 0 Å². The third-order valence-electron chi connectivity index (χ3n) is 11.3. The van der Waals surface area contributed by atoms with E-state index in [0.29, 0.717) is 0 Å². The zero-order valence-electron chi connectivity index (χ0n) is 32.1. The first-order valence-electron chi connectivity index (χ1n) is 20.0. The third-order valence-corrected chi connectivity index (χ3v) is 12.4. The number of fused-ring (bicyclic) bond motifs is 4. The van der Waals surface area contributed by atoms with Gasteiger partial charge in [0.25, 0.3) is 0 Å². The number of nitrogens with zero attached hydrogens (tertiary/aromatic N) is 1. The number of ether oxygens (including phenoxy) is 1. The molecule has 10 aromatic rings. The highest BCUT2D eigenvalue weighted by Crippen LogP contribution is 2.54. The van der Waals surface area contributed by atoms with Gasteiger partial charge in [-0.25, -0.2) is 0 Å². The van der Waals surface area contributed by atoms with E-state index < -0.39 is 0 Å². The molecule has 0 aliphatic carbocycles. The quantitative estimate of drug-likeness (QED) is 0.166. The standard InChI is InChI=1S/C55H38N2OS/c1-5-15-37(16-6-1)39-25-29-43(30-26-39)57(44-31-27-40(28-32-44)38-17-7-2-8-18-38)45-33-34-46(48(35-45)41-19-9-3-10-20-41)53-52-47-23-13-14-24-50(47)59-51(52)36-49-54(53)58-55(56-49)42-21-11-4-12-22-42/h1-36,55-56H. The predicted octanol–water partition coefficient (Wildman–Crippen LogP) is 15.7. The molecule has 0 amide bonds. The second-order valence-corrected chi connectivity index (χ2v) is 16.0. The molecule has 0 bridgehead atoms. The molecule has 11 rings (SSSR count). The van der Waals surface area contributed by atoms with Crippen LogP contribution in [0.1, 0.15) is 11.8 Å². The van der Waals surface area contributed by atoms with Crippen LogP contribution in [-0.2, 0) is 0 Å². The highest BCUT2D eigenvalue weighted by atomic mass is 32.1. The molecule has 9 aromatic carbocycles. The Morgan fingerprint density at radius 1 is 0.424 bits per heavy atom. The van der Waals surface area contributed by atoms with Gasteiger partial charge in [-0.3, -0.25) is 0 Å². The number of rotatable bonds is 8. The Labute approximate surface area is 348 Å². The van der Waals surface area contributed by atoms with Gasteiger partial charge in [-0.05, 0) is 87.5 Å². The van der Waals surface area contributed by atoms with Gasteiger partial charge in [-0.1, -0.05) is 170 Å². The fourth-order valence-electron chi connectivity index (χ4n) is 8.48. The summed E-state index contributed by atoms with van der Waals surface area (Å²) in [7, 11) is 0. The zero-order chi connectivity index (χ0) is 39.1. The summed E-state index contributed by atoms with van der Waals surface area (Å²) in [6, 6.07) is 78.1. The summed E-state index contributed by atoms with van der Waals surface area (Å²) in [6.07, 6.45) is -0.291. The first-order valence-corrected chi connectivity index (χ1v) is 20.8. The van der Waals surface area contributed by atoms with Crippen molar-refractivity contribution in [2.45, 2.75) is 6.23 Å². The first kappa shape index (κ1) is 34.8. The fourth-order valence-corrected chi connectivity index (χ4v) is 9.64. The molecule has 0 saturated heterocycles. The largest absolute Gasteiger partial charge is 0.464 e. The van der Waals surface area contributed by atoms with Gasteiger partial charge >= 0.3 is 0 Å². The lowest BCUT2D eigenvalue weighted by Gasteiger charge is -2.27.